The molecule has 0 aliphatic heterocycles. The van der Waals surface area contributed by atoms with Gasteiger partial charge in [0.15, 0.2) is 0 Å². The van der Waals surface area contributed by atoms with Crippen LogP contribution >= 0.6 is 31.9 Å². The number of carbonyl (C=O) groups is 2. The topological polar surface area (TPSA) is 52.6 Å². The first kappa shape index (κ1) is 16.7. The summed E-state index contributed by atoms with van der Waals surface area (Å²) >= 11 is 6.73. The first-order valence-electron chi connectivity index (χ1n) is 5.49. The summed E-state index contributed by atoms with van der Waals surface area (Å²) in [6.07, 6.45) is 4.16. The summed E-state index contributed by atoms with van der Waals surface area (Å²) in [4.78, 5) is 22.8. The molecule has 0 aromatic heterocycles. The minimum atomic E-state index is -0.498. The van der Waals surface area contributed by atoms with Gasteiger partial charge in [0.1, 0.15) is 0 Å². The van der Waals surface area contributed by atoms with Gasteiger partial charge in [0.25, 0.3) is 0 Å². The van der Waals surface area contributed by atoms with Crippen LogP contribution in [0.4, 0.5) is 0 Å². The smallest absolute Gasteiger partial charge is 0.338 e. The number of rotatable bonds is 4. The molecule has 1 aromatic carbocycles. The molecule has 0 radical (unpaired) electrons. The van der Waals surface area contributed by atoms with Crippen molar-refractivity contribution >= 4 is 49.4 Å². The number of hydrogen-bond donors (Lipinski definition) is 0. The molecule has 106 valence electrons. The average molecular weight is 404 g/mol. The molecule has 0 aliphatic rings. The van der Waals surface area contributed by atoms with E-state index in [1.54, 1.807) is 18.2 Å². The van der Waals surface area contributed by atoms with E-state index in [0.717, 1.165) is 8.95 Å². The quantitative estimate of drug-likeness (QED) is 0.438. The highest BCUT2D eigenvalue weighted by Gasteiger charge is 2.12. The molecular weight excluding hydrogens is 392 g/mol. The zero-order valence-corrected chi connectivity index (χ0v) is 14.0. The van der Waals surface area contributed by atoms with Gasteiger partial charge in [-0.25, -0.2) is 9.59 Å². The lowest BCUT2D eigenvalue weighted by molar-refractivity contribution is -0.135. The summed E-state index contributed by atoms with van der Waals surface area (Å²) in [5, 5.41) is 0. The normalized spacial score (nSPS) is 11.5. The van der Waals surface area contributed by atoms with Crippen LogP contribution in [0.1, 0.15) is 5.56 Å². The van der Waals surface area contributed by atoms with Gasteiger partial charge in [0.05, 0.1) is 19.8 Å². The number of methoxy groups -OCH3 is 2. The summed E-state index contributed by atoms with van der Waals surface area (Å²) in [5.74, 6) is -0.990. The van der Waals surface area contributed by atoms with Gasteiger partial charge in [-0.1, -0.05) is 12.1 Å². The Balaban J connectivity index is 3.15. The van der Waals surface area contributed by atoms with Crippen molar-refractivity contribution < 1.29 is 19.1 Å². The molecule has 0 atom stereocenters. The van der Waals surface area contributed by atoms with Gasteiger partial charge >= 0.3 is 11.9 Å². The molecule has 1 aromatic rings. The highest BCUT2D eigenvalue weighted by atomic mass is 79.9. The molecule has 0 heterocycles. The van der Waals surface area contributed by atoms with Crippen LogP contribution in [0, 0.1) is 0 Å². The molecule has 4 nitrogen and oxygen atoms in total. The summed E-state index contributed by atoms with van der Waals surface area (Å²) in [5.41, 5.74) is 1.00. The van der Waals surface area contributed by atoms with Gasteiger partial charge in [-0.2, -0.15) is 0 Å². The van der Waals surface area contributed by atoms with E-state index >= 15 is 0 Å². The van der Waals surface area contributed by atoms with Crippen LogP contribution in [0.25, 0.3) is 5.57 Å². The van der Waals surface area contributed by atoms with Crippen LogP contribution in [-0.4, -0.2) is 26.2 Å². The third kappa shape index (κ3) is 4.61. The van der Waals surface area contributed by atoms with Crippen LogP contribution < -0.4 is 0 Å². The second kappa shape index (κ2) is 8.01. The lowest BCUT2D eigenvalue weighted by Gasteiger charge is -2.06. The fourth-order valence-electron chi connectivity index (χ4n) is 1.35. The first-order chi connectivity index (χ1) is 9.49. The van der Waals surface area contributed by atoms with Crippen molar-refractivity contribution in [3.8, 4) is 0 Å². The van der Waals surface area contributed by atoms with Gasteiger partial charge in [-0.05, 0) is 55.6 Å². The third-order valence-electron chi connectivity index (χ3n) is 2.33. The fourth-order valence-corrected chi connectivity index (χ4v) is 1.97. The van der Waals surface area contributed by atoms with Gasteiger partial charge < -0.3 is 9.47 Å². The molecule has 0 aliphatic carbocycles. The molecule has 0 bridgehead atoms. The molecule has 0 fully saturated rings. The van der Waals surface area contributed by atoms with Gasteiger partial charge in [0.2, 0.25) is 0 Å². The maximum atomic E-state index is 11.8. The van der Waals surface area contributed by atoms with E-state index in [-0.39, 0.29) is 0 Å². The molecule has 0 unspecified atom stereocenters. The molecular formula is C14H12Br2O4. The standard InChI is InChI=1S/C14H12Br2O4/c1-19-13(17)5-3-4-10(14(18)20-2)9-6-7-11(15)12(16)8-9/h3-8H,1-2H3/b5-3-,10-4+. The average Bonchev–Trinajstić information content (AvgIpc) is 2.45. The first-order valence-corrected chi connectivity index (χ1v) is 7.08. The Hall–Kier alpha value is -1.40. The zero-order valence-electron chi connectivity index (χ0n) is 10.9. The van der Waals surface area contributed by atoms with E-state index in [4.69, 9.17) is 4.74 Å². The molecule has 6 heteroatoms. The fraction of sp³-hybridized carbons (Fsp3) is 0.143. The Labute approximate surface area is 133 Å². The number of benzene rings is 1. The van der Waals surface area contributed by atoms with E-state index in [2.05, 4.69) is 36.6 Å². The Kier molecular flexibility index (Phi) is 6.67. The van der Waals surface area contributed by atoms with Gasteiger partial charge in [-0.3, -0.25) is 0 Å². The largest absolute Gasteiger partial charge is 0.466 e. The van der Waals surface area contributed by atoms with Crippen molar-refractivity contribution in [2.75, 3.05) is 14.2 Å². The van der Waals surface area contributed by atoms with E-state index < -0.39 is 11.9 Å². The maximum absolute atomic E-state index is 11.8. The Bertz CT molecular complexity index is 577. The van der Waals surface area contributed by atoms with Gasteiger partial charge in [-0.15, -0.1) is 0 Å². The molecule has 0 N–H and O–H groups in total. The van der Waals surface area contributed by atoms with Crippen molar-refractivity contribution in [1.29, 1.82) is 0 Å². The van der Waals surface area contributed by atoms with E-state index in [1.165, 1.54) is 32.4 Å². The van der Waals surface area contributed by atoms with Crippen molar-refractivity contribution in [3.05, 3.63) is 50.9 Å². The number of ether oxygens (including phenoxy) is 2. The second-order valence-corrected chi connectivity index (χ2v) is 5.29. The number of hydrogen-bond acceptors (Lipinski definition) is 4. The van der Waals surface area contributed by atoms with Gasteiger partial charge in [0, 0.05) is 15.0 Å². The van der Waals surface area contributed by atoms with E-state index in [0.29, 0.717) is 11.1 Å². The number of esters is 2. The SMILES string of the molecule is COC(=O)/C=C\C=C(\C(=O)OC)c1ccc(Br)c(Br)c1. The zero-order chi connectivity index (χ0) is 15.1. The summed E-state index contributed by atoms with van der Waals surface area (Å²) in [7, 11) is 2.58. The van der Waals surface area contributed by atoms with E-state index in [9.17, 15) is 9.59 Å². The van der Waals surface area contributed by atoms with Crippen LogP contribution in [0.2, 0.25) is 0 Å². The highest BCUT2D eigenvalue weighted by Crippen LogP contribution is 2.27. The molecule has 20 heavy (non-hydrogen) atoms. The predicted octanol–water partition coefficient (Wildman–Crippen LogP) is 3.50. The molecule has 0 spiro atoms. The Morgan fingerprint density at radius 1 is 1.10 bits per heavy atom. The lowest BCUT2D eigenvalue weighted by Crippen LogP contribution is -2.04. The van der Waals surface area contributed by atoms with Crippen LogP contribution in [0.15, 0.2) is 45.4 Å². The van der Waals surface area contributed by atoms with Crippen LogP contribution in [-0.2, 0) is 19.1 Å². The molecule has 1 rings (SSSR count). The van der Waals surface area contributed by atoms with E-state index in [1.807, 2.05) is 0 Å². The second-order valence-electron chi connectivity index (χ2n) is 3.58. The molecule has 0 saturated heterocycles. The number of carbonyl (C=O) groups excluding carboxylic acids is 2. The highest BCUT2D eigenvalue weighted by molar-refractivity contribution is 9.13. The van der Waals surface area contributed by atoms with Crippen molar-refractivity contribution in [3.63, 3.8) is 0 Å². The Morgan fingerprint density at radius 3 is 2.35 bits per heavy atom. The minimum Gasteiger partial charge on any atom is -0.466 e. The summed E-state index contributed by atoms with van der Waals surface area (Å²) < 4.78 is 10.9. The number of halogens is 2. The molecule has 0 saturated carbocycles. The lowest BCUT2D eigenvalue weighted by atomic mass is 10.1. The van der Waals surface area contributed by atoms with Crippen LogP contribution in [0.5, 0.6) is 0 Å². The Morgan fingerprint density at radius 2 is 1.80 bits per heavy atom. The monoisotopic (exact) mass is 402 g/mol. The minimum absolute atomic E-state index is 0.334. The third-order valence-corrected chi connectivity index (χ3v) is 4.21. The van der Waals surface area contributed by atoms with Crippen molar-refractivity contribution in [2.24, 2.45) is 0 Å². The number of allylic oxidation sites excluding steroid dienone is 2. The maximum Gasteiger partial charge on any atom is 0.338 e. The van der Waals surface area contributed by atoms with Crippen LogP contribution in [0.3, 0.4) is 0 Å². The predicted molar refractivity (Wildman–Crippen MR) is 83.0 cm³/mol. The molecule has 0 amide bonds. The summed E-state index contributed by atoms with van der Waals surface area (Å²) in [6, 6.07) is 5.35. The van der Waals surface area contributed by atoms with Crippen molar-refractivity contribution in [2.45, 2.75) is 0 Å². The van der Waals surface area contributed by atoms with Crippen molar-refractivity contribution in [1.82, 2.24) is 0 Å². The summed E-state index contributed by atoms with van der Waals surface area (Å²) in [6.45, 7) is 0.